The smallest absolute Gasteiger partial charge is 0.255 e. The molecule has 0 bridgehead atoms. The van der Waals surface area contributed by atoms with Gasteiger partial charge in [0.2, 0.25) is 0 Å². The zero-order valence-electron chi connectivity index (χ0n) is 17.6. The second-order valence-corrected chi connectivity index (χ2v) is 12.1. The van der Waals surface area contributed by atoms with E-state index in [1.807, 2.05) is 0 Å². The third-order valence-corrected chi connectivity index (χ3v) is 7.75. The SMILES string of the molecule is CS(=O)(=O)c1ccc(C(=O)N2CCCN(C(=O)c3ccc(S(C)(=O)=O)cc3Cl)CC2)cc1. The molecule has 32 heavy (non-hydrogen) atoms. The van der Waals surface area contributed by atoms with Gasteiger partial charge in [-0.2, -0.15) is 0 Å². The van der Waals surface area contributed by atoms with E-state index >= 15 is 0 Å². The minimum atomic E-state index is -3.44. The van der Waals surface area contributed by atoms with Crippen LogP contribution in [0.15, 0.2) is 52.3 Å². The zero-order chi connectivity index (χ0) is 23.7. The summed E-state index contributed by atoms with van der Waals surface area (Å²) >= 11 is 6.17. The first kappa shape index (κ1) is 24.2. The van der Waals surface area contributed by atoms with Crippen LogP contribution >= 0.6 is 11.6 Å². The van der Waals surface area contributed by atoms with Crippen molar-refractivity contribution in [3.63, 3.8) is 0 Å². The topological polar surface area (TPSA) is 109 Å². The molecule has 2 aromatic rings. The molecule has 2 amide bonds. The predicted octanol–water partition coefficient (Wildman–Crippen LogP) is 2.14. The van der Waals surface area contributed by atoms with E-state index in [-0.39, 0.29) is 38.7 Å². The van der Waals surface area contributed by atoms with E-state index in [0.717, 1.165) is 12.5 Å². The van der Waals surface area contributed by atoms with Gasteiger partial charge in [-0.1, -0.05) is 11.6 Å². The third kappa shape index (κ3) is 5.48. The van der Waals surface area contributed by atoms with Crippen LogP contribution in [0.3, 0.4) is 0 Å². The minimum absolute atomic E-state index is 0.0357. The van der Waals surface area contributed by atoms with Crippen molar-refractivity contribution in [3.05, 3.63) is 58.6 Å². The summed E-state index contributed by atoms with van der Waals surface area (Å²) < 4.78 is 46.5. The van der Waals surface area contributed by atoms with Gasteiger partial charge in [0.05, 0.1) is 20.4 Å². The maximum Gasteiger partial charge on any atom is 0.255 e. The van der Waals surface area contributed by atoms with Crippen LogP contribution in [0.4, 0.5) is 0 Å². The van der Waals surface area contributed by atoms with Crippen LogP contribution in [0, 0.1) is 0 Å². The van der Waals surface area contributed by atoms with Gasteiger partial charge in [-0.05, 0) is 48.9 Å². The number of amides is 2. The molecule has 2 aromatic carbocycles. The van der Waals surface area contributed by atoms with Crippen LogP contribution in [-0.4, -0.2) is 77.1 Å². The Balaban J connectivity index is 1.71. The molecule has 1 aliphatic rings. The summed E-state index contributed by atoms with van der Waals surface area (Å²) in [6.07, 6.45) is 2.72. The predicted molar refractivity (Wildman–Crippen MR) is 121 cm³/mol. The Bertz CT molecular complexity index is 1260. The van der Waals surface area contributed by atoms with E-state index in [0.29, 0.717) is 31.6 Å². The molecule has 1 heterocycles. The summed E-state index contributed by atoms with van der Waals surface area (Å²) in [6.45, 7) is 1.45. The maximum absolute atomic E-state index is 12.9. The van der Waals surface area contributed by atoms with Gasteiger partial charge in [-0.3, -0.25) is 9.59 Å². The Kier molecular flexibility index (Phi) is 6.97. The van der Waals surface area contributed by atoms with Crippen molar-refractivity contribution in [2.45, 2.75) is 16.2 Å². The van der Waals surface area contributed by atoms with Gasteiger partial charge >= 0.3 is 0 Å². The first-order valence-electron chi connectivity index (χ1n) is 9.76. The number of rotatable bonds is 4. The average molecular weight is 499 g/mol. The number of nitrogens with zero attached hydrogens (tertiary/aromatic N) is 2. The molecule has 8 nitrogen and oxygen atoms in total. The molecule has 0 atom stereocenters. The number of halogens is 1. The second kappa shape index (κ2) is 9.21. The second-order valence-electron chi connectivity index (χ2n) is 7.65. The lowest BCUT2D eigenvalue weighted by Crippen LogP contribution is -2.37. The van der Waals surface area contributed by atoms with Crippen molar-refractivity contribution in [1.82, 2.24) is 9.80 Å². The molecular formula is C21H23ClN2O6S2. The van der Waals surface area contributed by atoms with E-state index in [1.165, 1.54) is 42.5 Å². The molecule has 0 unspecified atom stereocenters. The van der Waals surface area contributed by atoms with Gasteiger partial charge in [0.1, 0.15) is 0 Å². The number of benzene rings is 2. The first-order chi connectivity index (χ1) is 14.9. The molecule has 0 aromatic heterocycles. The van der Waals surface area contributed by atoms with Gasteiger partial charge in [0.15, 0.2) is 19.7 Å². The lowest BCUT2D eigenvalue weighted by molar-refractivity contribution is 0.0719. The molecule has 1 saturated heterocycles. The van der Waals surface area contributed by atoms with E-state index in [2.05, 4.69) is 0 Å². The number of carbonyl (C=O) groups excluding carboxylic acids is 2. The molecule has 172 valence electrons. The highest BCUT2D eigenvalue weighted by atomic mass is 35.5. The van der Waals surface area contributed by atoms with Crippen LogP contribution in [0.1, 0.15) is 27.1 Å². The summed E-state index contributed by atoms with van der Waals surface area (Å²) in [6, 6.07) is 9.78. The van der Waals surface area contributed by atoms with Gasteiger partial charge in [-0.15, -0.1) is 0 Å². The highest BCUT2D eigenvalue weighted by Crippen LogP contribution is 2.23. The van der Waals surface area contributed by atoms with Crippen molar-refractivity contribution in [2.24, 2.45) is 0 Å². The van der Waals surface area contributed by atoms with Gasteiger partial charge < -0.3 is 9.80 Å². The largest absolute Gasteiger partial charge is 0.337 e. The van der Waals surface area contributed by atoms with E-state index in [4.69, 9.17) is 11.6 Å². The van der Waals surface area contributed by atoms with Crippen LogP contribution in [-0.2, 0) is 19.7 Å². The van der Waals surface area contributed by atoms with Crippen LogP contribution in [0.25, 0.3) is 0 Å². The van der Waals surface area contributed by atoms with Crippen LogP contribution < -0.4 is 0 Å². The molecule has 1 aliphatic heterocycles. The summed E-state index contributed by atoms with van der Waals surface area (Å²) in [4.78, 5) is 29.2. The van der Waals surface area contributed by atoms with Crippen LogP contribution in [0.2, 0.25) is 5.02 Å². The van der Waals surface area contributed by atoms with Crippen molar-refractivity contribution < 1.29 is 26.4 Å². The quantitative estimate of drug-likeness (QED) is 0.638. The van der Waals surface area contributed by atoms with Gasteiger partial charge in [-0.25, -0.2) is 16.8 Å². The summed E-state index contributed by atoms with van der Waals surface area (Å²) in [7, 11) is -6.79. The molecule has 0 spiro atoms. The lowest BCUT2D eigenvalue weighted by atomic mass is 10.2. The molecule has 0 saturated carbocycles. The molecule has 3 rings (SSSR count). The van der Waals surface area contributed by atoms with Crippen molar-refractivity contribution in [2.75, 3.05) is 38.7 Å². The summed E-state index contributed by atoms with van der Waals surface area (Å²) in [5.74, 6) is -0.572. The lowest BCUT2D eigenvalue weighted by Gasteiger charge is -2.23. The van der Waals surface area contributed by atoms with E-state index in [1.54, 1.807) is 9.80 Å². The number of hydrogen-bond donors (Lipinski definition) is 0. The molecule has 0 radical (unpaired) electrons. The summed E-state index contributed by atoms with van der Waals surface area (Å²) in [5.41, 5.74) is 0.576. The molecule has 1 fully saturated rings. The zero-order valence-corrected chi connectivity index (χ0v) is 20.0. The highest BCUT2D eigenvalue weighted by Gasteiger charge is 2.25. The number of sulfone groups is 2. The normalized spacial score (nSPS) is 15.3. The third-order valence-electron chi connectivity index (χ3n) is 5.20. The fourth-order valence-electron chi connectivity index (χ4n) is 3.42. The Hall–Kier alpha value is -2.43. The maximum atomic E-state index is 12.9. The van der Waals surface area contributed by atoms with Crippen molar-refractivity contribution in [3.8, 4) is 0 Å². The standard InChI is InChI=1S/C21H23ClN2O6S2/c1-31(27,28)16-6-4-15(5-7-16)20(25)23-10-3-11-24(13-12-23)21(26)18-9-8-17(14-19(18)22)32(2,29)30/h4-9,14H,3,10-13H2,1-2H3. The Morgan fingerprint density at radius 1 is 0.750 bits per heavy atom. The average Bonchev–Trinajstić information content (AvgIpc) is 2.98. The number of hydrogen-bond acceptors (Lipinski definition) is 6. The van der Waals surface area contributed by atoms with Crippen molar-refractivity contribution in [1.29, 1.82) is 0 Å². The molecule has 0 N–H and O–H groups in total. The van der Waals surface area contributed by atoms with Crippen molar-refractivity contribution >= 4 is 43.1 Å². The fraction of sp³-hybridized carbons (Fsp3) is 0.333. The van der Waals surface area contributed by atoms with Gasteiger partial charge in [0, 0.05) is 44.3 Å². The molecular weight excluding hydrogens is 476 g/mol. The Morgan fingerprint density at radius 2 is 1.25 bits per heavy atom. The van der Waals surface area contributed by atoms with E-state index in [9.17, 15) is 26.4 Å². The van der Waals surface area contributed by atoms with E-state index < -0.39 is 19.7 Å². The fourth-order valence-corrected chi connectivity index (χ4v) is 5.02. The summed E-state index contributed by atoms with van der Waals surface area (Å²) in [5, 5.41) is 0.0565. The van der Waals surface area contributed by atoms with Gasteiger partial charge in [0.25, 0.3) is 11.8 Å². The Labute approximate surface area is 192 Å². The monoisotopic (exact) mass is 498 g/mol. The molecule has 0 aliphatic carbocycles. The minimum Gasteiger partial charge on any atom is -0.337 e. The Morgan fingerprint density at radius 3 is 1.75 bits per heavy atom. The van der Waals surface area contributed by atoms with Crippen LogP contribution in [0.5, 0.6) is 0 Å². The highest BCUT2D eigenvalue weighted by molar-refractivity contribution is 7.91. The number of carbonyl (C=O) groups is 2. The first-order valence-corrected chi connectivity index (χ1v) is 13.9. The molecule has 11 heteroatoms.